The number of piperidine rings is 1. The summed E-state index contributed by atoms with van der Waals surface area (Å²) in [5, 5.41) is 0.764. The van der Waals surface area contributed by atoms with Gasteiger partial charge in [0.15, 0.2) is 0 Å². The van der Waals surface area contributed by atoms with Gasteiger partial charge in [-0.25, -0.2) is 12.8 Å². The van der Waals surface area contributed by atoms with Crippen LogP contribution in [0.5, 0.6) is 0 Å². The van der Waals surface area contributed by atoms with Gasteiger partial charge in [0.1, 0.15) is 10.7 Å². The zero-order valence-corrected chi connectivity index (χ0v) is 13.2. The summed E-state index contributed by atoms with van der Waals surface area (Å²) in [6.45, 7) is 1.38. The van der Waals surface area contributed by atoms with E-state index in [2.05, 4.69) is 20.9 Å². The molecule has 8 heteroatoms. The van der Waals surface area contributed by atoms with E-state index in [1.54, 1.807) is 0 Å². The molecule has 1 aromatic rings. The molecule has 0 amide bonds. The van der Waals surface area contributed by atoms with Gasteiger partial charge in [-0.05, 0) is 18.9 Å². The van der Waals surface area contributed by atoms with Gasteiger partial charge in [-0.3, -0.25) is 4.98 Å². The highest BCUT2D eigenvalue weighted by Gasteiger charge is 2.30. The van der Waals surface area contributed by atoms with Gasteiger partial charge in [0.25, 0.3) is 0 Å². The van der Waals surface area contributed by atoms with Gasteiger partial charge >= 0.3 is 0 Å². The molecule has 5 nitrogen and oxygen atoms in total. The molecular formula is C12H16BrFN2O3S. The number of halogens is 2. The smallest absolute Gasteiger partial charge is 0.244 e. The molecule has 0 aliphatic carbocycles. The fraction of sp³-hybridized carbons (Fsp3) is 0.583. The lowest BCUT2D eigenvalue weighted by molar-refractivity contribution is 0.0309. The molecule has 1 saturated heterocycles. The monoisotopic (exact) mass is 366 g/mol. The van der Waals surface area contributed by atoms with Crippen LogP contribution in [0.3, 0.4) is 0 Å². The number of aromatic nitrogens is 1. The van der Waals surface area contributed by atoms with Crippen LogP contribution in [0.2, 0.25) is 0 Å². The molecule has 0 spiro atoms. The van der Waals surface area contributed by atoms with Crippen molar-refractivity contribution in [1.82, 2.24) is 9.29 Å². The molecule has 0 N–H and O–H groups in total. The zero-order chi connectivity index (χ0) is 14.6. The van der Waals surface area contributed by atoms with Crippen molar-refractivity contribution >= 4 is 26.0 Å². The first-order valence-electron chi connectivity index (χ1n) is 6.32. The number of hydrogen-bond acceptors (Lipinski definition) is 4. The third kappa shape index (κ3) is 3.75. The van der Waals surface area contributed by atoms with Crippen molar-refractivity contribution in [1.29, 1.82) is 0 Å². The molecule has 1 fully saturated rings. The van der Waals surface area contributed by atoms with Crippen LogP contribution in [0.15, 0.2) is 23.4 Å². The van der Waals surface area contributed by atoms with Crippen molar-refractivity contribution in [3.05, 3.63) is 24.3 Å². The molecule has 0 saturated carbocycles. The van der Waals surface area contributed by atoms with E-state index in [0.29, 0.717) is 32.5 Å². The van der Waals surface area contributed by atoms with Crippen molar-refractivity contribution < 1.29 is 17.5 Å². The minimum atomic E-state index is -3.66. The normalized spacial score (nSPS) is 18.3. The van der Waals surface area contributed by atoms with E-state index in [-0.39, 0.29) is 11.0 Å². The fourth-order valence-electron chi connectivity index (χ4n) is 2.13. The standard InChI is InChI=1S/C12H16BrFN2O3S/c13-3-6-19-11-1-4-16(5-2-11)20(17,18)12-7-10(14)8-15-9-12/h7-9,11H,1-6H2. The van der Waals surface area contributed by atoms with E-state index in [1.807, 2.05) is 0 Å². The van der Waals surface area contributed by atoms with Crippen LogP contribution < -0.4 is 0 Å². The van der Waals surface area contributed by atoms with Gasteiger partial charge in [0.05, 0.1) is 18.9 Å². The van der Waals surface area contributed by atoms with Crippen LogP contribution in [-0.4, -0.2) is 48.8 Å². The van der Waals surface area contributed by atoms with E-state index in [9.17, 15) is 12.8 Å². The number of nitrogens with zero attached hydrogens (tertiary/aromatic N) is 2. The Kier molecular flexibility index (Phi) is 5.48. The number of alkyl halides is 1. The van der Waals surface area contributed by atoms with Gasteiger partial charge in [-0.15, -0.1) is 0 Å². The average Bonchev–Trinajstić information content (AvgIpc) is 2.45. The minimum absolute atomic E-state index is 0.0876. The van der Waals surface area contributed by atoms with E-state index in [0.717, 1.165) is 17.6 Å². The molecule has 0 radical (unpaired) electrons. The lowest BCUT2D eigenvalue weighted by Crippen LogP contribution is -2.41. The molecule has 0 unspecified atom stereocenters. The maximum absolute atomic E-state index is 13.1. The Balaban J connectivity index is 2.02. The Morgan fingerprint density at radius 3 is 2.70 bits per heavy atom. The molecule has 0 aromatic carbocycles. The summed E-state index contributed by atoms with van der Waals surface area (Å²) in [6.07, 6.45) is 3.54. The van der Waals surface area contributed by atoms with Gasteiger partial charge in [0.2, 0.25) is 10.0 Å². The third-order valence-corrected chi connectivity index (χ3v) is 5.34. The van der Waals surface area contributed by atoms with Gasteiger partial charge in [0, 0.05) is 24.6 Å². The minimum Gasteiger partial charge on any atom is -0.377 e. The summed E-state index contributed by atoms with van der Waals surface area (Å²) in [5.74, 6) is -0.651. The Morgan fingerprint density at radius 2 is 2.10 bits per heavy atom. The number of sulfonamides is 1. The van der Waals surface area contributed by atoms with E-state index in [4.69, 9.17) is 4.74 Å². The van der Waals surface area contributed by atoms with Crippen LogP contribution >= 0.6 is 15.9 Å². The molecule has 2 rings (SSSR count). The first-order valence-corrected chi connectivity index (χ1v) is 8.88. The van der Waals surface area contributed by atoms with Crippen molar-refractivity contribution in [2.75, 3.05) is 25.0 Å². The second-order valence-corrected chi connectivity index (χ2v) is 7.23. The van der Waals surface area contributed by atoms with Crippen LogP contribution in [0.1, 0.15) is 12.8 Å². The van der Waals surface area contributed by atoms with Gasteiger partial charge in [-0.1, -0.05) is 15.9 Å². The van der Waals surface area contributed by atoms with Crippen LogP contribution in [0.25, 0.3) is 0 Å². The average molecular weight is 367 g/mol. The molecule has 112 valence electrons. The third-order valence-electron chi connectivity index (χ3n) is 3.15. The lowest BCUT2D eigenvalue weighted by Gasteiger charge is -2.30. The summed E-state index contributed by atoms with van der Waals surface area (Å²) in [6, 6.07) is 0.996. The van der Waals surface area contributed by atoms with Crippen LogP contribution in [-0.2, 0) is 14.8 Å². The highest BCUT2D eigenvalue weighted by Crippen LogP contribution is 2.22. The molecule has 1 aliphatic heterocycles. The Morgan fingerprint density at radius 1 is 1.40 bits per heavy atom. The first-order chi connectivity index (χ1) is 9.54. The number of rotatable bonds is 5. The maximum atomic E-state index is 13.1. The Bertz CT molecular complexity index is 547. The van der Waals surface area contributed by atoms with E-state index in [1.165, 1.54) is 10.5 Å². The second kappa shape index (κ2) is 6.93. The molecule has 20 heavy (non-hydrogen) atoms. The molecular weight excluding hydrogens is 351 g/mol. The highest BCUT2D eigenvalue weighted by molar-refractivity contribution is 9.09. The summed E-state index contributed by atoms with van der Waals surface area (Å²) in [7, 11) is -3.66. The molecule has 2 heterocycles. The Hall–Kier alpha value is -0.570. The highest BCUT2D eigenvalue weighted by atomic mass is 79.9. The lowest BCUT2D eigenvalue weighted by atomic mass is 10.1. The van der Waals surface area contributed by atoms with Crippen LogP contribution in [0, 0.1) is 5.82 Å². The first kappa shape index (κ1) is 15.8. The predicted octanol–water partition coefficient (Wildman–Crippen LogP) is 1.79. The summed E-state index contributed by atoms with van der Waals surface area (Å²) < 4.78 is 44.7. The van der Waals surface area contributed by atoms with Crippen molar-refractivity contribution in [2.24, 2.45) is 0 Å². The number of ether oxygens (including phenoxy) is 1. The largest absolute Gasteiger partial charge is 0.377 e. The van der Waals surface area contributed by atoms with E-state index >= 15 is 0 Å². The SMILES string of the molecule is O=S(=O)(c1cncc(F)c1)N1CCC(OCCBr)CC1. The molecule has 1 aromatic heterocycles. The van der Waals surface area contributed by atoms with Gasteiger partial charge in [-0.2, -0.15) is 4.31 Å². The molecule has 0 atom stereocenters. The van der Waals surface area contributed by atoms with Crippen molar-refractivity contribution in [3.63, 3.8) is 0 Å². The fourth-order valence-corrected chi connectivity index (χ4v) is 3.77. The zero-order valence-electron chi connectivity index (χ0n) is 10.8. The van der Waals surface area contributed by atoms with Crippen molar-refractivity contribution in [2.45, 2.75) is 23.8 Å². The number of hydrogen-bond donors (Lipinski definition) is 0. The quantitative estimate of drug-likeness (QED) is 0.745. The maximum Gasteiger partial charge on any atom is 0.244 e. The summed E-state index contributed by atoms with van der Waals surface area (Å²) >= 11 is 3.28. The predicted molar refractivity (Wildman–Crippen MR) is 75.7 cm³/mol. The number of pyridine rings is 1. The second-order valence-electron chi connectivity index (χ2n) is 4.50. The molecule has 1 aliphatic rings. The van der Waals surface area contributed by atoms with Gasteiger partial charge < -0.3 is 4.74 Å². The molecule has 0 bridgehead atoms. The Labute approximate surface area is 126 Å². The topological polar surface area (TPSA) is 59.5 Å². The summed E-state index contributed by atoms with van der Waals surface area (Å²) in [5.41, 5.74) is 0. The van der Waals surface area contributed by atoms with Crippen molar-refractivity contribution in [3.8, 4) is 0 Å². The summed E-state index contributed by atoms with van der Waals surface area (Å²) in [4.78, 5) is 3.49. The van der Waals surface area contributed by atoms with Crippen LogP contribution in [0.4, 0.5) is 4.39 Å². The van der Waals surface area contributed by atoms with E-state index < -0.39 is 15.8 Å².